The van der Waals surface area contributed by atoms with Gasteiger partial charge in [0.25, 0.3) is 0 Å². The summed E-state index contributed by atoms with van der Waals surface area (Å²) in [5.74, 6) is 0. The van der Waals surface area contributed by atoms with E-state index in [1.165, 1.54) is 12.7 Å². The molecule has 0 saturated carbocycles. The van der Waals surface area contributed by atoms with Gasteiger partial charge < -0.3 is 10.6 Å². The third-order valence-electron chi connectivity index (χ3n) is 3.55. The van der Waals surface area contributed by atoms with Crippen molar-refractivity contribution in [3.05, 3.63) is 18.2 Å². The third-order valence-corrected chi connectivity index (χ3v) is 4.71. The lowest BCUT2D eigenvalue weighted by molar-refractivity contribution is 0.485. The van der Waals surface area contributed by atoms with E-state index in [4.69, 9.17) is 5.73 Å². The zero-order chi connectivity index (χ0) is 13.3. The van der Waals surface area contributed by atoms with Crippen LogP contribution in [0.5, 0.6) is 0 Å². The van der Waals surface area contributed by atoms with Crippen LogP contribution in [0.4, 0.5) is 11.4 Å². The van der Waals surface area contributed by atoms with E-state index in [0.717, 1.165) is 25.1 Å². The molecule has 18 heavy (non-hydrogen) atoms. The Labute approximate surface area is 109 Å². The summed E-state index contributed by atoms with van der Waals surface area (Å²) in [6.45, 7) is 3.10. The molecule has 0 spiro atoms. The highest BCUT2D eigenvalue weighted by Crippen LogP contribution is 2.33. The molecular formula is C13H20N2O2S. The van der Waals surface area contributed by atoms with Crippen LogP contribution in [0.3, 0.4) is 0 Å². The van der Waals surface area contributed by atoms with Gasteiger partial charge in [0.1, 0.15) is 0 Å². The summed E-state index contributed by atoms with van der Waals surface area (Å²) in [5.41, 5.74) is 7.28. The highest BCUT2D eigenvalue weighted by molar-refractivity contribution is 7.90. The first-order chi connectivity index (χ1) is 8.41. The molecule has 1 unspecified atom stereocenters. The summed E-state index contributed by atoms with van der Waals surface area (Å²) in [5, 5.41) is 0. The maximum Gasteiger partial charge on any atom is 0.177 e. The summed E-state index contributed by atoms with van der Waals surface area (Å²) >= 11 is 0. The van der Waals surface area contributed by atoms with E-state index in [9.17, 15) is 8.42 Å². The Morgan fingerprint density at radius 2 is 2.06 bits per heavy atom. The van der Waals surface area contributed by atoms with Crippen molar-refractivity contribution in [2.75, 3.05) is 23.4 Å². The number of piperidine rings is 1. The van der Waals surface area contributed by atoms with Gasteiger partial charge in [0.2, 0.25) is 0 Å². The van der Waals surface area contributed by atoms with Crippen molar-refractivity contribution in [1.82, 2.24) is 0 Å². The van der Waals surface area contributed by atoms with Crippen molar-refractivity contribution < 1.29 is 8.42 Å². The van der Waals surface area contributed by atoms with Crippen LogP contribution in [0.2, 0.25) is 0 Å². The van der Waals surface area contributed by atoms with Crippen molar-refractivity contribution in [3.63, 3.8) is 0 Å². The van der Waals surface area contributed by atoms with Crippen molar-refractivity contribution in [3.8, 4) is 0 Å². The van der Waals surface area contributed by atoms with Crippen LogP contribution in [0, 0.1) is 0 Å². The first-order valence-corrected chi connectivity index (χ1v) is 8.15. The standard InChI is InChI=1S/C13H20N2O2S/c1-10-6-3-4-9-15(10)11-7-5-8-12(13(11)14)18(2,16)17/h5,7-8,10H,3-4,6,9,14H2,1-2H3. The maximum atomic E-state index is 11.7. The second kappa shape index (κ2) is 4.80. The molecule has 100 valence electrons. The van der Waals surface area contributed by atoms with E-state index in [1.54, 1.807) is 12.1 Å². The van der Waals surface area contributed by atoms with Crippen LogP contribution < -0.4 is 10.6 Å². The molecule has 5 heteroatoms. The summed E-state index contributed by atoms with van der Waals surface area (Å²) in [4.78, 5) is 2.45. The van der Waals surface area contributed by atoms with Crippen molar-refractivity contribution in [1.29, 1.82) is 0 Å². The normalized spacial score (nSPS) is 21.0. The fourth-order valence-electron chi connectivity index (χ4n) is 2.56. The average Bonchev–Trinajstić information content (AvgIpc) is 2.29. The predicted octanol–water partition coefficient (Wildman–Crippen LogP) is 2.05. The number of hydrogen-bond donors (Lipinski definition) is 1. The number of benzene rings is 1. The lowest BCUT2D eigenvalue weighted by Crippen LogP contribution is -2.38. The molecule has 0 aromatic heterocycles. The van der Waals surface area contributed by atoms with Gasteiger partial charge in [-0.3, -0.25) is 0 Å². The zero-order valence-corrected chi connectivity index (χ0v) is 11.7. The fourth-order valence-corrected chi connectivity index (χ4v) is 3.39. The minimum absolute atomic E-state index is 0.234. The molecule has 1 aliphatic rings. The number of nitrogen functional groups attached to an aromatic ring is 1. The first kappa shape index (κ1) is 13.2. The lowest BCUT2D eigenvalue weighted by atomic mass is 10.0. The topological polar surface area (TPSA) is 63.4 Å². The Balaban J connectivity index is 2.46. The van der Waals surface area contributed by atoms with Crippen molar-refractivity contribution in [2.45, 2.75) is 37.1 Å². The minimum Gasteiger partial charge on any atom is -0.396 e. The highest BCUT2D eigenvalue weighted by atomic mass is 32.2. The molecular weight excluding hydrogens is 248 g/mol. The summed E-state index contributed by atoms with van der Waals surface area (Å²) in [6, 6.07) is 5.66. The second-order valence-corrected chi connectivity index (χ2v) is 6.98. The number of anilines is 2. The van der Waals surface area contributed by atoms with Crippen LogP contribution in [-0.2, 0) is 9.84 Å². The number of nitrogens with zero attached hydrogens (tertiary/aromatic N) is 1. The SMILES string of the molecule is CC1CCCCN1c1cccc(S(C)(=O)=O)c1N. The molecule has 1 aromatic carbocycles. The Kier molecular flexibility index (Phi) is 3.52. The van der Waals surface area contributed by atoms with Gasteiger partial charge in [0.15, 0.2) is 9.84 Å². The maximum absolute atomic E-state index is 11.7. The fraction of sp³-hybridized carbons (Fsp3) is 0.538. The molecule has 1 saturated heterocycles. The zero-order valence-electron chi connectivity index (χ0n) is 10.9. The number of hydrogen-bond acceptors (Lipinski definition) is 4. The molecule has 2 rings (SSSR count). The van der Waals surface area contributed by atoms with Crippen LogP contribution >= 0.6 is 0 Å². The summed E-state index contributed by atoms with van der Waals surface area (Å²) in [6.07, 6.45) is 4.68. The third kappa shape index (κ3) is 2.46. The van der Waals surface area contributed by atoms with E-state index in [0.29, 0.717) is 11.7 Å². The van der Waals surface area contributed by atoms with Gasteiger partial charge in [0.05, 0.1) is 16.3 Å². The van der Waals surface area contributed by atoms with E-state index in [2.05, 4.69) is 11.8 Å². The Morgan fingerprint density at radius 3 is 2.67 bits per heavy atom. The quantitative estimate of drug-likeness (QED) is 0.834. The second-order valence-electron chi connectivity index (χ2n) is 5.00. The summed E-state index contributed by atoms with van der Waals surface area (Å²) < 4.78 is 23.3. The van der Waals surface area contributed by atoms with E-state index < -0.39 is 9.84 Å². The van der Waals surface area contributed by atoms with Gasteiger partial charge in [-0.1, -0.05) is 6.07 Å². The minimum atomic E-state index is -3.26. The number of sulfone groups is 1. The smallest absolute Gasteiger partial charge is 0.177 e. The molecule has 1 aromatic rings. The number of para-hydroxylation sites is 1. The Morgan fingerprint density at radius 1 is 1.33 bits per heavy atom. The first-order valence-electron chi connectivity index (χ1n) is 6.26. The van der Waals surface area contributed by atoms with Gasteiger partial charge in [0, 0.05) is 18.8 Å². The molecule has 1 atom stereocenters. The van der Waals surface area contributed by atoms with Gasteiger partial charge >= 0.3 is 0 Å². The van der Waals surface area contributed by atoms with E-state index in [-0.39, 0.29) is 4.90 Å². The molecule has 1 aliphatic heterocycles. The Bertz CT molecular complexity index is 540. The van der Waals surface area contributed by atoms with E-state index >= 15 is 0 Å². The van der Waals surface area contributed by atoms with Gasteiger partial charge in [-0.05, 0) is 38.3 Å². The van der Waals surface area contributed by atoms with Crippen molar-refractivity contribution >= 4 is 21.2 Å². The molecule has 1 heterocycles. The highest BCUT2D eigenvalue weighted by Gasteiger charge is 2.23. The monoisotopic (exact) mass is 268 g/mol. The van der Waals surface area contributed by atoms with Gasteiger partial charge in [-0.15, -0.1) is 0 Å². The molecule has 4 nitrogen and oxygen atoms in total. The van der Waals surface area contributed by atoms with Crippen LogP contribution in [0.15, 0.2) is 23.1 Å². The molecule has 2 N–H and O–H groups in total. The average molecular weight is 268 g/mol. The van der Waals surface area contributed by atoms with Crippen molar-refractivity contribution in [2.24, 2.45) is 0 Å². The molecule has 0 radical (unpaired) electrons. The molecule has 0 amide bonds. The van der Waals surface area contributed by atoms with Crippen LogP contribution in [-0.4, -0.2) is 27.3 Å². The molecule has 0 aliphatic carbocycles. The predicted molar refractivity (Wildman–Crippen MR) is 74.6 cm³/mol. The van der Waals surface area contributed by atoms with Crippen LogP contribution in [0.1, 0.15) is 26.2 Å². The summed E-state index contributed by atoms with van der Waals surface area (Å²) in [7, 11) is -3.26. The lowest BCUT2D eigenvalue weighted by Gasteiger charge is -2.36. The molecule has 0 bridgehead atoms. The van der Waals surface area contributed by atoms with E-state index in [1.807, 2.05) is 6.07 Å². The number of rotatable bonds is 2. The van der Waals surface area contributed by atoms with Gasteiger partial charge in [-0.25, -0.2) is 8.42 Å². The van der Waals surface area contributed by atoms with Crippen LogP contribution in [0.25, 0.3) is 0 Å². The van der Waals surface area contributed by atoms with Gasteiger partial charge in [-0.2, -0.15) is 0 Å². The number of nitrogens with two attached hydrogens (primary N) is 1. The molecule has 1 fully saturated rings. The Hall–Kier alpha value is -1.23. The largest absolute Gasteiger partial charge is 0.396 e.